The molecule has 2 aliphatic rings. The summed E-state index contributed by atoms with van der Waals surface area (Å²) in [5, 5.41) is 2.09. The van der Waals surface area contributed by atoms with E-state index in [-0.39, 0.29) is 18.1 Å². The average molecular weight is 375 g/mol. The van der Waals surface area contributed by atoms with Crippen LogP contribution in [0.3, 0.4) is 0 Å². The number of amides is 1. The molecule has 1 amide bonds. The fraction of sp³-hybridized carbons (Fsp3) is 0.550. The molecule has 2 fully saturated rings. The van der Waals surface area contributed by atoms with E-state index in [0.717, 1.165) is 51.1 Å². The minimum atomic E-state index is 0.213. The third-order valence-electron chi connectivity index (χ3n) is 5.25. The molecule has 2 saturated heterocycles. The second-order valence-corrected chi connectivity index (χ2v) is 8.12. The summed E-state index contributed by atoms with van der Waals surface area (Å²) in [6, 6.07) is 8.33. The number of carbonyl (C=O) groups excluding carboxylic acids is 1. The summed E-state index contributed by atoms with van der Waals surface area (Å²) < 4.78 is 11.3. The van der Waals surface area contributed by atoms with Gasteiger partial charge in [-0.05, 0) is 49.3 Å². The number of furan rings is 1. The van der Waals surface area contributed by atoms with Crippen molar-refractivity contribution in [3.63, 3.8) is 0 Å². The van der Waals surface area contributed by atoms with Crippen molar-refractivity contribution in [1.29, 1.82) is 0 Å². The van der Waals surface area contributed by atoms with Gasteiger partial charge in [-0.1, -0.05) is 6.07 Å². The largest absolute Gasteiger partial charge is 0.468 e. The van der Waals surface area contributed by atoms with Gasteiger partial charge >= 0.3 is 0 Å². The van der Waals surface area contributed by atoms with Crippen molar-refractivity contribution in [3.05, 3.63) is 46.5 Å². The number of thiophene rings is 1. The lowest BCUT2D eigenvalue weighted by molar-refractivity contribution is -0.133. The van der Waals surface area contributed by atoms with Gasteiger partial charge in [-0.2, -0.15) is 0 Å². The van der Waals surface area contributed by atoms with Crippen LogP contribution in [-0.4, -0.2) is 48.1 Å². The van der Waals surface area contributed by atoms with Crippen molar-refractivity contribution in [2.75, 3.05) is 26.2 Å². The number of likely N-dealkylation sites (tertiary alicyclic amines) is 1. The number of hydrogen-bond acceptors (Lipinski definition) is 5. The Labute approximate surface area is 158 Å². The molecule has 5 nitrogen and oxygen atoms in total. The summed E-state index contributed by atoms with van der Waals surface area (Å²) in [6.07, 6.45) is 6.25. The molecule has 2 aromatic rings. The minimum Gasteiger partial charge on any atom is -0.468 e. The number of ether oxygens (including phenoxy) is 1. The van der Waals surface area contributed by atoms with Crippen LogP contribution in [0.4, 0.5) is 0 Å². The Bertz CT molecular complexity index is 680. The fourth-order valence-electron chi connectivity index (χ4n) is 4.01. The van der Waals surface area contributed by atoms with Crippen molar-refractivity contribution in [2.45, 2.75) is 44.4 Å². The van der Waals surface area contributed by atoms with Crippen molar-refractivity contribution < 1.29 is 13.9 Å². The zero-order valence-electron chi connectivity index (χ0n) is 15.0. The first-order chi connectivity index (χ1) is 12.8. The molecule has 0 aliphatic carbocycles. The fourth-order valence-corrected chi connectivity index (χ4v) is 4.88. The normalized spacial score (nSPS) is 23.2. The molecule has 0 bridgehead atoms. The first-order valence-corrected chi connectivity index (χ1v) is 10.4. The maximum absolute atomic E-state index is 13.1. The Kier molecular flexibility index (Phi) is 5.72. The topological polar surface area (TPSA) is 45.9 Å². The van der Waals surface area contributed by atoms with Crippen LogP contribution in [0.1, 0.15) is 42.4 Å². The highest BCUT2D eigenvalue weighted by molar-refractivity contribution is 7.10. The molecule has 0 N–H and O–H groups in total. The number of carbonyl (C=O) groups is 1. The summed E-state index contributed by atoms with van der Waals surface area (Å²) in [7, 11) is 0. The second kappa shape index (κ2) is 8.37. The summed E-state index contributed by atoms with van der Waals surface area (Å²) in [6.45, 7) is 3.54. The smallest absolute Gasteiger partial charge is 0.237 e. The zero-order valence-corrected chi connectivity index (χ0v) is 15.8. The number of rotatable bonds is 7. The molecule has 2 aliphatic heterocycles. The predicted molar refractivity (Wildman–Crippen MR) is 101 cm³/mol. The van der Waals surface area contributed by atoms with E-state index in [9.17, 15) is 4.79 Å². The molecule has 6 heteroatoms. The van der Waals surface area contributed by atoms with E-state index in [1.165, 1.54) is 4.88 Å². The van der Waals surface area contributed by atoms with Gasteiger partial charge in [-0.15, -0.1) is 11.3 Å². The van der Waals surface area contributed by atoms with Gasteiger partial charge in [0.25, 0.3) is 0 Å². The van der Waals surface area contributed by atoms with Crippen LogP contribution in [0.5, 0.6) is 0 Å². The second-order valence-electron chi connectivity index (χ2n) is 7.14. The summed E-state index contributed by atoms with van der Waals surface area (Å²) in [4.78, 5) is 18.6. The van der Waals surface area contributed by atoms with Crippen molar-refractivity contribution in [1.82, 2.24) is 9.80 Å². The van der Waals surface area contributed by atoms with Crippen LogP contribution < -0.4 is 0 Å². The van der Waals surface area contributed by atoms with Crippen molar-refractivity contribution in [3.8, 4) is 0 Å². The Balaban J connectivity index is 1.42. The van der Waals surface area contributed by atoms with Crippen molar-refractivity contribution >= 4 is 17.2 Å². The molecule has 26 heavy (non-hydrogen) atoms. The standard InChI is InChI=1S/C20H26N2O3S/c23-20(22-9-1-7-18(22)19-8-4-12-26-19)15-21(13-16-5-2-10-24-16)14-17-6-3-11-25-17/h2,4-5,8,10,12,17-18H,1,3,6-7,9,11,13-15H2. The van der Waals surface area contributed by atoms with Gasteiger partial charge in [0.1, 0.15) is 5.76 Å². The number of nitrogens with zero attached hydrogens (tertiary/aromatic N) is 2. The maximum atomic E-state index is 13.1. The van der Waals surface area contributed by atoms with Gasteiger partial charge in [-0.25, -0.2) is 0 Å². The van der Waals surface area contributed by atoms with E-state index >= 15 is 0 Å². The van der Waals surface area contributed by atoms with Gasteiger partial charge in [0.15, 0.2) is 0 Å². The van der Waals surface area contributed by atoms with Crippen LogP contribution in [-0.2, 0) is 16.1 Å². The highest BCUT2D eigenvalue weighted by atomic mass is 32.1. The number of hydrogen-bond donors (Lipinski definition) is 0. The Hall–Kier alpha value is -1.63. The third-order valence-corrected chi connectivity index (χ3v) is 6.22. The summed E-state index contributed by atoms with van der Waals surface area (Å²) >= 11 is 1.75. The van der Waals surface area contributed by atoms with E-state index < -0.39 is 0 Å². The van der Waals surface area contributed by atoms with Crippen LogP contribution in [0.2, 0.25) is 0 Å². The van der Waals surface area contributed by atoms with Crippen LogP contribution in [0.15, 0.2) is 40.3 Å². The van der Waals surface area contributed by atoms with E-state index in [1.54, 1.807) is 17.6 Å². The first-order valence-electron chi connectivity index (χ1n) is 9.49. The molecule has 2 atom stereocenters. The molecular formula is C20H26N2O3S. The SMILES string of the molecule is O=C(CN(Cc1ccco1)CC1CCCO1)N1CCCC1c1cccs1. The first kappa shape index (κ1) is 17.8. The van der Waals surface area contributed by atoms with Crippen LogP contribution in [0, 0.1) is 0 Å². The average Bonchev–Trinajstić information content (AvgIpc) is 3.40. The van der Waals surface area contributed by atoms with Crippen molar-refractivity contribution in [2.24, 2.45) is 0 Å². The molecule has 140 valence electrons. The molecule has 2 aromatic heterocycles. The van der Waals surface area contributed by atoms with Crippen LogP contribution >= 0.6 is 11.3 Å². The Morgan fingerprint density at radius 3 is 2.96 bits per heavy atom. The van der Waals surface area contributed by atoms with E-state index in [2.05, 4.69) is 27.3 Å². The molecule has 4 heterocycles. The van der Waals surface area contributed by atoms with Gasteiger partial charge in [0.2, 0.25) is 5.91 Å². The molecule has 0 radical (unpaired) electrons. The quantitative estimate of drug-likeness (QED) is 0.742. The van der Waals surface area contributed by atoms with Gasteiger partial charge in [0, 0.05) is 24.6 Å². The summed E-state index contributed by atoms with van der Waals surface area (Å²) in [5.74, 6) is 1.11. The lowest BCUT2D eigenvalue weighted by atomic mass is 10.2. The highest BCUT2D eigenvalue weighted by Gasteiger charge is 2.32. The lowest BCUT2D eigenvalue weighted by Crippen LogP contribution is -2.42. The predicted octanol–water partition coefficient (Wildman–Crippen LogP) is 3.69. The van der Waals surface area contributed by atoms with Crippen LogP contribution in [0.25, 0.3) is 0 Å². The minimum absolute atomic E-state index is 0.213. The maximum Gasteiger partial charge on any atom is 0.237 e. The molecule has 2 unspecified atom stereocenters. The van der Waals surface area contributed by atoms with E-state index in [4.69, 9.17) is 9.15 Å². The molecule has 0 spiro atoms. The van der Waals surface area contributed by atoms with E-state index in [1.807, 2.05) is 12.1 Å². The monoisotopic (exact) mass is 374 g/mol. The lowest BCUT2D eigenvalue weighted by Gasteiger charge is -2.29. The Morgan fingerprint density at radius 2 is 2.23 bits per heavy atom. The molecule has 0 saturated carbocycles. The molecule has 4 rings (SSSR count). The molecular weight excluding hydrogens is 348 g/mol. The zero-order chi connectivity index (χ0) is 17.8. The van der Waals surface area contributed by atoms with Gasteiger partial charge < -0.3 is 14.1 Å². The van der Waals surface area contributed by atoms with Gasteiger partial charge in [-0.3, -0.25) is 9.69 Å². The molecule has 0 aromatic carbocycles. The summed E-state index contributed by atoms with van der Waals surface area (Å²) in [5.41, 5.74) is 0. The Morgan fingerprint density at radius 1 is 1.27 bits per heavy atom. The van der Waals surface area contributed by atoms with E-state index in [0.29, 0.717) is 13.1 Å². The highest BCUT2D eigenvalue weighted by Crippen LogP contribution is 2.34. The third kappa shape index (κ3) is 4.19. The van der Waals surface area contributed by atoms with Gasteiger partial charge in [0.05, 0.1) is 31.5 Å².